The standard InChI is InChI=1S/C16H17NO3/c1-12-9-14(11-18)10-17-16(12)20-15-5-3-13(4-6-15)7-8-19-2/h3-6,9-11H,7-8H2,1-2H3. The van der Waals surface area contributed by atoms with Gasteiger partial charge in [0.1, 0.15) is 5.75 Å². The molecule has 4 nitrogen and oxygen atoms in total. The fourth-order valence-electron chi connectivity index (χ4n) is 1.81. The van der Waals surface area contributed by atoms with Gasteiger partial charge in [-0.15, -0.1) is 0 Å². The van der Waals surface area contributed by atoms with E-state index in [-0.39, 0.29) is 0 Å². The number of nitrogens with zero attached hydrogens (tertiary/aromatic N) is 1. The Morgan fingerprint density at radius 2 is 2.00 bits per heavy atom. The minimum absolute atomic E-state index is 0.514. The maximum Gasteiger partial charge on any atom is 0.222 e. The summed E-state index contributed by atoms with van der Waals surface area (Å²) in [6, 6.07) is 9.56. The molecule has 20 heavy (non-hydrogen) atoms. The summed E-state index contributed by atoms with van der Waals surface area (Å²) in [6.45, 7) is 2.57. The molecule has 0 aliphatic heterocycles. The van der Waals surface area contributed by atoms with E-state index in [1.165, 1.54) is 11.8 Å². The molecule has 2 aromatic rings. The molecule has 1 aromatic carbocycles. The lowest BCUT2D eigenvalue weighted by Crippen LogP contribution is -1.95. The largest absolute Gasteiger partial charge is 0.439 e. The zero-order valence-electron chi connectivity index (χ0n) is 11.6. The molecule has 0 aliphatic rings. The molecule has 1 heterocycles. The van der Waals surface area contributed by atoms with Crippen LogP contribution in [-0.2, 0) is 11.2 Å². The molecule has 0 saturated heterocycles. The number of ether oxygens (including phenoxy) is 2. The van der Waals surface area contributed by atoms with Gasteiger partial charge in [-0.2, -0.15) is 0 Å². The van der Waals surface area contributed by atoms with E-state index in [1.54, 1.807) is 13.2 Å². The number of carbonyl (C=O) groups is 1. The van der Waals surface area contributed by atoms with Crippen molar-refractivity contribution >= 4 is 6.29 Å². The lowest BCUT2D eigenvalue weighted by atomic mass is 10.1. The zero-order chi connectivity index (χ0) is 14.4. The Labute approximate surface area is 118 Å². The van der Waals surface area contributed by atoms with Gasteiger partial charge in [-0.3, -0.25) is 4.79 Å². The quantitative estimate of drug-likeness (QED) is 0.757. The van der Waals surface area contributed by atoms with Crippen LogP contribution in [0.2, 0.25) is 0 Å². The van der Waals surface area contributed by atoms with Gasteiger partial charge in [-0.25, -0.2) is 4.98 Å². The van der Waals surface area contributed by atoms with Crippen molar-refractivity contribution in [2.45, 2.75) is 13.3 Å². The van der Waals surface area contributed by atoms with Crippen LogP contribution in [0.1, 0.15) is 21.5 Å². The van der Waals surface area contributed by atoms with Gasteiger partial charge in [0.15, 0.2) is 6.29 Å². The highest BCUT2D eigenvalue weighted by atomic mass is 16.5. The summed E-state index contributed by atoms with van der Waals surface area (Å²) in [4.78, 5) is 14.8. The summed E-state index contributed by atoms with van der Waals surface area (Å²) in [5, 5.41) is 0. The van der Waals surface area contributed by atoms with E-state index >= 15 is 0 Å². The Morgan fingerprint density at radius 1 is 1.25 bits per heavy atom. The number of benzene rings is 1. The number of carbonyl (C=O) groups excluding carboxylic acids is 1. The van der Waals surface area contributed by atoms with Gasteiger partial charge in [0, 0.05) is 24.4 Å². The second-order valence-electron chi connectivity index (χ2n) is 4.50. The van der Waals surface area contributed by atoms with Crippen LogP contribution in [0.3, 0.4) is 0 Å². The van der Waals surface area contributed by atoms with Crippen molar-refractivity contribution in [2.24, 2.45) is 0 Å². The van der Waals surface area contributed by atoms with Gasteiger partial charge < -0.3 is 9.47 Å². The highest BCUT2D eigenvalue weighted by Gasteiger charge is 2.04. The SMILES string of the molecule is COCCc1ccc(Oc2ncc(C=O)cc2C)cc1. The van der Waals surface area contributed by atoms with Crippen molar-refractivity contribution < 1.29 is 14.3 Å². The second kappa shape index (κ2) is 6.82. The molecule has 0 saturated carbocycles. The number of aromatic nitrogens is 1. The monoisotopic (exact) mass is 271 g/mol. The first-order chi connectivity index (χ1) is 9.72. The van der Waals surface area contributed by atoms with Crippen molar-refractivity contribution in [3.8, 4) is 11.6 Å². The maximum atomic E-state index is 10.7. The van der Waals surface area contributed by atoms with Crippen molar-refractivity contribution in [3.63, 3.8) is 0 Å². The maximum absolute atomic E-state index is 10.7. The molecule has 0 unspecified atom stereocenters. The van der Waals surface area contributed by atoms with Crippen LogP contribution in [0, 0.1) is 6.92 Å². The van der Waals surface area contributed by atoms with E-state index < -0.39 is 0 Å². The number of hydrogen-bond donors (Lipinski definition) is 0. The Kier molecular flexibility index (Phi) is 4.85. The van der Waals surface area contributed by atoms with Crippen molar-refractivity contribution in [2.75, 3.05) is 13.7 Å². The van der Waals surface area contributed by atoms with Crippen molar-refractivity contribution in [1.82, 2.24) is 4.98 Å². The summed E-state index contributed by atoms with van der Waals surface area (Å²) in [5.74, 6) is 1.24. The third-order valence-electron chi connectivity index (χ3n) is 2.92. The summed E-state index contributed by atoms with van der Waals surface area (Å²) in [5.41, 5.74) is 2.57. The highest BCUT2D eigenvalue weighted by Crippen LogP contribution is 2.23. The number of aldehydes is 1. The van der Waals surface area contributed by atoms with E-state index in [0.717, 1.165) is 24.0 Å². The van der Waals surface area contributed by atoms with Gasteiger partial charge >= 0.3 is 0 Å². The second-order valence-corrected chi connectivity index (χ2v) is 4.50. The number of pyridine rings is 1. The normalized spacial score (nSPS) is 10.3. The molecule has 0 radical (unpaired) electrons. The fraction of sp³-hybridized carbons (Fsp3) is 0.250. The first-order valence-electron chi connectivity index (χ1n) is 6.40. The fourth-order valence-corrected chi connectivity index (χ4v) is 1.81. The van der Waals surface area contributed by atoms with Gasteiger partial charge in [-0.05, 0) is 37.1 Å². The van der Waals surface area contributed by atoms with Crippen LogP contribution in [0.4, 0.5) is 0 Å². The molecular formula is C16H17NO3. The summed E-state index contributed by atoms with van der Waals surface area (Å²) in [6.07, 6.45) is 3.15. The van der Waals surface area contributed by atoms with Crippen LogP contribution in [0.15, 0.2) is 36.5 Å². The number of hydrogen-bond acceptors (Lipinski definition) is 4. The van der Waals surface area contributed by atoms with Crippen LogP contribution in [0.5, 0.6) is 11.6 Å². The van der Waals surface area contributed by atoms with Gasteiger partial charge in [0.25, 0.3) is 0 Å². The van der Waals surface area contributed by atoms with Gasteiger partial charge in [0.05, 0.1) is 6.61 Å². The van der Waals surface area contributed by atoms with Crippen LogP contribution >= 0.6 is 0 Å². The van der Waals surface area contributed by atoms with E-state index in [4.69, 9.17) is 9.47 Å². The molecule has 0 fully saturated rings. The van der Waals surface area contributed by atoms with E-state index in [1.807, 2.05) is 31.2 Å². The van der Waals surface area contributed by atoms with Crippen LogP contribution in [-0.4, -0.2) is 25.0 Å². The Balaban J connectivity index is 2.08. The Bertz CT molecular complexity index is 579. The van der Waals surface area contributed by atoms with E-state index in [9.17, 15) is 4.79 Å². The molecule has 0 N–H and O–H groups in total. The van der Waals surface area contributed by atoms with Gasteiger partial charge in [-0.1, -0.05) is 12.1 Å². The molecule has 1 aromatic heterocycles. The summed E-state index contributed by atoms with van der Waals surface area (Å²) < 4.78 is 10.7. The molecule has 2 rings (SSSR count). The molecule has 0 bridgehead atoms. The molecule has 4 heteroatoms. The minimum Gasteiger partial charge on any atom is -0.439 e. The van der Waals surface area contributed by atoms with Crippen molar-refractivity contribution in [1.29, 1.82) is 0 Å². The minimum atomic E-state index is 0.514. The van der Waals surface area contributed by atoms with Crippen LogP contribution < -0.4 is 4.74 Å². The molecule has 0 spiro atoms. The molecule has 0 amide bonds. The lowest BCUT2D eigenvalue weighted by molar-refractivity contribution is 0.112. The molecule has 104 valence electrons. The predicted molar refractivity (Wildman–Crippen MR) is 76.5 cm³/mol. The predicted octanol–water partition coefficient (Wildman–Crippen LogP) is 3.18. The zero-order valence-corrected chi connectivity index (χ0v) is 11.6. The number of rotatable bonds is 6. The molecule has 0 aliphatic carbocycles. The first-order valence-corrected chi connectivity index (χ1v) is 6.40. The topological polar surface area (TPSA) is 48.4 Å². The number of aryl methyl sites for hydroxylation is 1. The number of methoxy groups -OCH3 is 1. The summed E-state index contributed by atoms with van der Waals surface area (Å²) >= 11 is 0. The van der Waals surface area contributed by atoms with Crippen molar-refractivity contribution in [3.05, 3.63) is 53.2 Å². The average molecular weight is 271 g/mol. The first kappa shape index (κ1) is 14.2. The third-order valence-corrected chi connectivity index (χ3v) is 2.92. The smallest absolute Gasteiger partial charge is 0.222 e. The highest BCUT2D eigenvalue weighted by molar-refractivity contribution is 5.74. The Hall–Kier alpha value is -2.20. The Morgan fingerprint density at radius 3 is 2.60 bits per heavy atom. The lowest BCUT2D eigenvalue weighted by Gasteiger charge is -2.08. The average Bonchev–Trinajstić information content (AvgIpc) is 2.48. The van der Waals surface area contributed by atoms with Gasteiger partial charge in [0.2, 0.25) is 5.88 Å². The summed E-state index contributed by atoms with van der Waals surface area (Å²) in [7, 11) is 1.69. The molecular weight excluding hydrogens is 254 g/mol. The third kappa shape index (κ3) is 3.65. The molecule has 0 atom stereocenters. The van der Waals surface area contributed by atoms with Crippen LogP contribution in [0.25, 0.3) is 0 Å². The van der Waals surface area contributed by atoms with E-state index in [2.05, 4.69) is 4.98 Å². The van der Waals surface area contributed by atoms with E-state index in [0.29, 0.717) is 18.1 Å².